The number of rotatable bonds is 8. The van der Waals surface area contributed by atoms with Crippen molar-refractivity contribution in [2.75, 3.05) is 36.9 Å². The monoisotopic (exact) mass is 461 g/mol. The minimum atomic E-state index is 0.558. The molecule has 6 nitrogen and oxygen atoms in total. The van der Waals surface area contributed by atoms with Gasteiger partial charge in [0.05, 0.1) is 23.4 Å². The van der Waals surface area contributed by atoms with Crippen LogP contribution in [0.4, 0.5) is 11.5 Å². The second kappa shape index (κ2) is 10.7. The van der Waals surface area contributed by atoms with E-state index >= 15 is 0 Å². The van der Waals surface area contributed by atoms with Crippen LogP contribution >= 0.6 is 11.3 Å². The molecule has 0 amide bonds. The molecule has 0 bridgehead atoms. The number of morpholine rings is 1. The molecule has 1 saturated heterocycles. The summed E-state index contributed by atoms with van der Waals surface area (Å²) in [5, 5.41) is 7.87. The van der Waals surface area contributed by atoms with Crippen LogP contribution in [0.2, 0.25) is 0 Å². The van der Waals surface area contributed by atoms with Gasteiger partial charge in [0.25, 0.3) is 0 Å². The average molecular weight is 462 g/mol. The normalized spacial score (nSPS) is 14.7. The summed E-state index contributed by atoms with van der Waals surface area (Å²) < 4.78 is 6.68. The Morgan fingerprint density at radius 2 is 1.97 bits per heavy atom. The number of ether oxygens (including phenoxy) is 1. The van der Waals surface area contributed by atoms with E-state index < -0.39 is 0 Å². The Balaban J connectivity index is 1.79. The number of nitrogens with zero attached hydrogens (tertiary/aromatic N) is 3. The Morgan fingerprint density at radius 1 is 1.18 bits per heavy atom. The highest BCUT2D eigenvalue weighted by Gasteiger charge is 2.22. The van der Waals surface area contributed by atoms with Gasteiger partial charge in [-0.25, -0.2) is 9.97 Å². The van der Waals surface area contributed by atoms with Gasteiger partial charge in [0.15, 0.2) is 11.6 Å². The molecule has 3 aromatic rings. The van der Waals surface area contributed by atoms with Crippen LogP contribution in [0.3, 0.4) is 0 Å². The summed E-state index contributed by atoms with van der Waals surface area (Å²) in [6.45, 7) is 7.17. The average Bonchev–Trinajstić information content (AvgIpc) is 3.16. The van der Waals surface area contributed by atoms with Gasteiger partial charge in [0, 0.05) is 41.0 Å². The van der Waals surface area contributed by atoms with Gasteiger partial charge < -0.3 is 20.8 Å². The van der Waals surface area contributed by atoms with Crippen LogP contribution in [0.5, 0.6) is 0 Å². The molecular weight excluding hydrogens is 430 g/mol. The maximum atomic E-state index is 7.87. The van der Waals surface area contributed by atoms with Crippen LogP contribution in [0.1, 0.15) is 42.2 Å². The van der Waals surface area contributed by atoms with E-state index in [2.05, 4.69) is 43.1 Å². The highest BCUT2D eigenvalue weighted by atomic mass is 32.1. The standard InChI is InChI=1S/C26H31N5OS/c1-3-4-5-6-7-8-12-22-18(2)23-24(33-22)26(31-13-15-32-16-14-31)30-25(29-23)19-10-9-11-21(28)20(19)17-27/h3-4,8-12,17,27H,5-7,13-16,28H2,1-2H3/b4-3-,12-8+,27-17?. The first-order valence-corrected chi connectivity index (χ1v) is 12.3. The van der Waals surface area contributed by atoms with E-state index in [0.717, 1.165) is 59.5 Å². The number of hydrogen-bond acceptors (Lipinski definition) is 7. The fourth-order valence-corrected chi connectivity index (χ4v) is 5.20. The largest absolute Gasteiger partial charge is 0.398 e. The summed E-state index contributed by atoms with van der Waals surface area (Å²) >= 11 is 1.75. The first-order chi connectivity index (χ1) is 16.1. The van der Waals surface area contributed by atoms with E-state index in [1.807, 2.05) is 12.1 Å². The third-order valence-electron chi connectivity index (χ3n) is 5.87. The third kappa shape index (κ3) is 4.99. The van der Waals surface area contributed by atoms with E-state index in [4.69, 9.17) is 25.8 Å². The number of unbranched alkanes of at least 4 members (excludes halogenated alkanes) is 2. The van der Waals surface area contributed by atoms with Crippen molar-refractivity contribution in [1.82, 2.24) is 9.97 Å². The van der Waals surface area contributed by atoms with Crippen molar-refractivity contribution in [1.29, 1.82) is 5.41 Å². The molecule has 33 heavy (non-hydrogen) atoms. The molecule has 1 aliphatic heterocycles. The molecule has 0 spiro atoms. The molecule has 1 fully saturated rings. The van der Waals surface area contributed by atoms with Crippen LogP contribution in [0, 0.1) is 12.3 Å². The number of aromatic nitrogens is 2. The second-order valence-electron chi connectivity index (χ2n) is 8.09. The van der Waals surface area contributed by atoms with Crippen molar-refractivity contribution in [2.24, 2.45) is 0 Å². The van der Waals surface area contributed by atoms with Gasteiger partial charge in [-0.1, -0.05) is 30.4 Å². The topological polar surface area (TPSA) is 88.1 Å². The van der Waals surface area contributed by atoms with Gasteiger partial charge in [-0.3, -0.25) is 0 Å². The van der Waals surface area contributed by atoms with Crippen molar-refractivity contribution in [2.45, 2.75) is 33.1 Å². The molecule has 2 aromatic heterocycles. The number of allylic oxidation sites excluding steroid dienone is 3. The van der Waals surface area contributed by atoms with Crippen molar-refractivity contribution < 1.29 is 4.74 Å². The van der Waals surface area contributed by atoms with Crippen molar-refractivity contribution >= 4 is 45.3 Å². The number of nitrogen functional groups attached to an aromatic ring is 1. The van der Waals surface area contributed by atoms with Crippen LogP contribution in [-0.4, -0.2) is 42.5 Å². The molecule has 0 aliphatic carbocycles. The SMILES string of the molecule is C/C=C\CCC/C=C/c1sc2c(N3CCOCC3)nc(-c3cccc(N)c3C=N)nc2c1C. The number of nitrogens with one attached hydrogen (secondary N) is 1. The molecule has 3 heterocycles. The minimum absolute atomic E-state index is 0.558. The summed E-state index contributed by atoms with van der Waals surface area (Å²) in [5.74, 6) is 1.55. The van der Waals surface area contributed by atoms with E-state index in [-0.39, 0.29) is 0 Å². The summed E-state index contributed by atoms with van der Waals surface area (Å²) in [6.07, 6.45) is 13.4. The number of nitrogens with two attached hydrogens (primary N) is 1. The van der Waals surface area contributed by atoms with Gasteiger partial charge in [0.1, 0.15) is 0 Å². The van der Waals surface area contributed by atoms with E-state index in [9.17, 15) is 0 Å². The predicted octanol–water partition coefficient (Wildman–Crippen LogP) is 5.84. The molecule has 0 atom stereocenters. The Hall–Kier alpha value is -3.03. The second-order valence-corrected chi connectivity index (χ2v) is 9.15. The maximum Gasteiger partial charge on any atom is 0.162 e. The van der Waals surface area contributed by atoms with Gasteiger partial charge in [0.2, 0.25) is 0 Å². The minimum Gasteiger partial charge on any atom is -0.398 e. The summed E-state index contributed by atoms with van der Waals surface area (Å²) in [7, 11) is 0. The fourth-order valence-electron chi connectivity index (χ4n) is 4.01. The first-order valence-electron chi connectivity index (χ1n) is 11.4. The highest BCUT2D eigenvalue weighted by Crippen LogP contribution is 2.38. The molecule has 7 heteroatoms. The lowest BCUT2D eigenvalue weighted by Gasteiger charge is -2.28. The molecule has 0 saturated carbocycles. The maximum absolute atomic E-state index is 7.87. The number of benzene rings is 1. The van der Waals surface area contributed by atoms with E-state index in [0.29, 0.717) is 30.3 Å². The zero-order valence-corrected chi connectivity index (χ0v) is 20.1. The van der Waals surface area contributed by atoms with Gasteiger partial charge >= 0.3 is 0 Å². The third-order valence-corrected chi connectivity index (χ3v) is 7.11. The van der Waals surface area contributed by atoms with Crippen molar-refractivity contribution in [3.63, 3.8) is 0 Å². The zero-order chi connectivity index (χ0) is 23.2. The Bertz CT molecular complexity index is 1190. The van der Waals surface area contributed by atoms with Gasteiger partial charge in [-0.15, -0.1) is 11.3 Å². The van der Waals surface area contributed by atoms with Crippen LogP contribution in [-0.2, 0) is 4.74 Å². The number of anilines is 2. The van der Waals surface area contributed by atoms with Crippen molar-refractivity contribution in [3.8, 4) is 11.4 Å². The van der Waals surface area contributed by atoms with Gasteiger partial charge in [-0.05, 0) is 50.8 Å². The summed E-state index contributed by atoms with van der Waals surface area (Å²) in [6, 6.07) is 5.64. The number of hydrogen-bond donors (Lipinski definition) is 2. The quantitative estimate of drug-likeness (QED) is 0.190. The Morgan fingerprint density at radius 3 is 2.73 bits per heavy atom. The molecule has 4 rings (SSSR count). The fraction of sp³-hybridized carbons (Fsp3) is 0.346. The van der Waals surface area contributed by atoms with E-state index in [1.165, 1.54) is 11.1 Å². The molecule has 0 unspecified atom stereocenters. The van der Waals surface area contributed by atoms with Crippen LogP contribution < -0.4 is 10.6 Å². The first kappa shape index (κ1) is 23.1. The molecule has 1 aromatic carbocycles. The molecular formula is C26H31N5OS. The van der Waals surface area contributed by atoms with Crippen molar-refractivity contribution in [3.05, 3.63) is 52.4 Å². The molecule has 172 valence electrons. The number of aryl methyl sites for hydroxylation is 1. The lowest BCUT2D eigenvalue weighted by molar-refractivity contribution is 0.122. The smallest absolute Gasteiger partial charge is 0.162 e. The zero-order valence-electron chi connectivity index (χ0n) is 19.3. The summed E-state index contributed by atoms with van der Waals surface area (Å²) in [4.78, 5) is 13.5. The molecule has 1 aliphatic rings. The Labute approximate surface area is 199 Å². The Kier molecular flexibility index (Phi) is 7.52. The lowest BCUT2D eigenvalue weighted by Crippen LogP contribution is -2.36. The lowest BCUT2D eigenvalue weighted by atomic mass is 10.1. The number of thiophene rings is 1. The summed E-state index contributed by atoms with van der Waals surface area (Å²) in [5.41, 5.74) is 10.3. The number of fused-ring (bicyclic) bond motifs is 1. The highest BCUT2D eigenvalue weighted by molar-refractivity contribution is 7.20. The van der Waals surface area contributed by atoms with Crippen LogP contribution in [0.25, 0.3) is 27.7 Å². The molecule has 3 N–H and O–H groups in total. The predicted molar refractivity (Wildman–Crippen MR) is 141 cm³/mol. The molecule has 0 radical (unpaired) electrons. The van der Waals surface area contributed by atoms with Crippen LogP contribution in [0.15, 0.2) is 36.4 Å². The van der Waals surface area contributed by atoms with Gasteiger partial charge in [-0.2, -0.15) is 0 Å². The van der Waals surface area contributed by atoms with E-state index in [1.54, 1.807) is 17.4 Å².